The van der Waals surface area contributed by atoms with Crippen molar-refractivity contribution in [1.29, 1.82) is 0 Å². The third kappa shape index (κ3) is 3.54. The molecule has 6 heteroatoms. The van der Waals surface area contributed by atoms with Crippen LogP contribution in [0.1, 0.15) is 11.1 Å². The monoisotopic (exact) mass is 335 g/mol. The summed E-state index contributed by atoms with van der Waals surface area (Å²) in [7, 11) is -3.87. The van der Waals surface area contributed by atoms with Crippen molar-refractivity contribution in [1.82, 2.24) is 4.72 Å². The number of halogens is 1. The summed E-state index contributed by atoms with van der Waals surface area (Å²) in [5, 5.41) is 0. The molecule has 3 rings (SSSR count). The van der Waals surface area contributed by atoms with Gasteiger partial charge in [0, 0.05) is 12.5 Å². The number of hydrogen-bond acceptors (Lipinski definition) is 3. The van der Waals surface area contributed by atoms with E-state index in [0.29, 0.717) is 12.2 Å². The fourth-order valence-corrected chi connectivity index (χ4v) is 3.92. The van der Waals surface area contributed by atoms with Gasteiger partial charge in [-0.05, 0) is 42.7 Å². The molecule has 0 fully saturated rings. The molecule has 0 radical (unpaired) electrons. The van der Waals surface area contributed by atoms with Crippen LogP contribution in [0.15, 0.2) is 47.4 Å². The van der Waals surface area contributed by atoms with Gasteiger partial charge in [0.05, 0.1) is 6.61 Å². The van der Waals surface area contributed by atoms with Gasteiger partial charge in [-0.25, -0.2) is 17.5 Å². The number of hydrogen-bond donors (Lipinski definition) is 1. The highest BCUT2D eigenvalue weighted by molar-refractivity contribution is 7.89. The zero-order valence-corrected chi connectivity index (χ0v) is 13.6. The lowest BCUT2D eigenvalue weighted by molar-refractivity contribution is 0.223. The summed E-state index contributed by atoms with van der Waals surface area (Å²) in [6, 6.07) is 11.8. The zero-order valence-electron chi connectivity index (χ0n) is 12.8. The topological polar surface area (TPSA) is 55.4 Å². The minimum Gasteiger partial charge on any atom is -0.493 e. The van der Waals surface area contributed by atoms with E-state index in [-0.39, 0.29) is 17.4 Å². The van der Waals surface area contributed by atoms with Gasteiger partial charge in [0.2, 0.25) is 10.0 Å². The standard InChI is InChI=1S/C17H18FNO3S/c1-12-6-7-15(18)17(8-12)23(20,21)19-10-13-9-14-4-2-3-5-16(14)22-11-13/h2-8,13,19H,9-11H2,1H3/t13-/m1/s1. The van der Waals surface area contributed by atoms with Crippen molar-refractivity contribution in [3.8, 4) is 5.75 Å². The van der Waals surface area contributed by atoms with Crippen LogP contribution in [0.5, 0.6) is 5.75 Å². The molecule has 0 saturated heterocycles. The number of aryl methyl sites for hydroxylation is 1. The van der Waals surface area contributed by atoms with Gasteiger partial charge in [-0.1, -0.05) is 24.3 Å². The number of nitrogens with one attached hydrogen (secondary N) is 1. The lowest BCUT2D eigenvalue weighted by Crippen LogP contribution is -2.35. The van der Waals surface area contributed by atoms with Crippen LogP contribution in [-0.2, 0) is 16.4 Å². The number of para-hydroxylation sites is 1. The molecule has 1 atom stereocenters. The molecule has 23 heavy (non-hydrogen) atoms. The highest BCUT2D eigenvalue weighted by atomic mass is 32.2. The Hall–Kier alpha value is -1.92. The minimum atomic E-state index is -3.87. The molecule has 0 aliphatic carbocycles. The predicted octanol–water partition coefficient (Wildman–Crippen LogP) is 2.66. The van der Waals surface area contributed by atoms with E-state index in [9.17, 15) is 12.8 Å². The van der Waals surface area contributed by atoms with E-state index < -0.39 is 15.8 Å². The number of fused-ring (bicyclic) bond motifs is 1. The van der Waals surface area contributed by atoms with E-state index in [1.807, 2.05) is 24.3 Å². The third-order valence-electron chi connectivity index (χ3n) is 3.89. The van der Waals surface area contributed by atoms with Gasteiger partial charge in [-0.2, -0.15) is 0 Å². The molecule has 2 aromatic carbocycles. The Labute approximate surface area is 135 Å². The van der Waals surface area contributed by atoms with Crippen LogP contribution < -0.4 is 9.46 Å². The molecule has 0 saturated carbocycles. The third-order valence-corrected chi connectivity index (χ3v) is 5.33. The number of rotatable bonds is 4. The molecule has 1 heterocycles. The van der Waals surface area contributed by atoms with Crippen LogP contribution >= 0.6 is 0 Å². The van der Waals surface area contributed by atoms with Gasteiger partial charge in [-0.15, -0.1) is 0 Å². The maximum Gasteiger partial charge on any atom is 0.243 e. The molecular weight excluding hydrogens is 317 g/mol. The van der Waals surface area contributed by atoms with E-state index >= 15 is 0 Å². The minimum absolute atomic E-state index is 0.0209. The summed E-state index contributed by atoms with van der Waals surface area (Å²) >= 11 is 0. The molecule has 1 aliphatic heterocycles. The molecule has 2 aromatic rings. The highest BCUT2D eigenvalue weighted by Gasteiger charge is 2.24. The van der Waals surface area contributed by atoms with Crippen LogP contribution in [0.3, 0.4) is 0 Å². The van der Waals surface area contributed by atoms with E-state index in [0.717, 1.165) is 17.7 Å². The second kappa shape index (κ2) is 6.29. The van der Waals surface area contributed by atoms with Crippen LogP contribution in [0.2, 0.25) is 0 Å². The molecule has 0 unspecified atom stereocenters. The van der Waals surface area contributed by atoms with Crippen molar-refractivity contribution in [3.05, 3.63) is 59.4 Å². The molecule has 0 spiro atoms. The first-order valence-electron chi connectivity index (χ1n) is 7.42. The Morgan fingerprint density at radius 3 is 2.87 bits per heavy atom. The molecule has 0 amide bonds. The van der Waals surface area contributed by atoms with Crippen molar-refractivity contribution in [2.75, 3.05) is 13.2 Å². The maximum absolute atomic E-state index is 13.8. The maximum atomic E-state index is 13.8. The summed E-state index contributed by atoms with van der Waals surface area (Å²) in [5.41, 5.74) is 1.76. The summed E-state index contributed by atoms with van der Waals surface area (Å²) in [4.78, 5) is -0.311. The highest BCUT2D eigenvalue weighted by Crippen LogP contribution is 2.26. The van der Waals surface area contributed by atoms with E-state index in [1.165, 1.54) is 12.1 Å². The Bertz CT molecular complexity index is 820. The van der Waals surface area contributed by atoms with E-state index in [4.69, 9.17) is 4.74 Å². The fourth-order valence-electron chi connectivity index (χ4n) is 2.64. The molecule has 0 aromatic heterocycles. The number of sulfonamides is 1. The van der Waals surface area contributed by atoms with Gasteiger partial charge in [0.25, 0.3) is 0 Å². The van der Waals surface area contributed by atoms with Gasteiger partial charge < -0.3 is 4.74 Å². The molecule has 4 nitrogen and oxygen atoms in total. The largest absolute Gasteiger partial charge is 0.493 e. The van der Waals surface area contributed by atoms with Crippen LogP contribution in [0, 0.1) is 18.7 Å². The summed E-state index contributed by atoms with van der Waals surface area (Å²) in [6.45, 7) is 2.38. The lowest BCUT2D eigenvalue weighted by atomic mass is 9.97. The number of benzene rings is 2. The van der Waals surface area contributed by atoms with E-state index in [2.05, 4.69) is 4.72 Å². The molecule has 122 valence electrons. The van der Waals surface area contributed by atoms with Crippen molar-refractivity contribution in [3.63, 3.8) is 0 Å². The van der Waals surface area contributed by atoms with Crippen LogP contribution in [0.25, 0.3) is 0 Å². The average molecular weight is 335 g/mol. The SMILES string of the molecule is Cc1ccc(F)c(S(=O)(=O)NC[C@@H]2COc3ccccc3C2)c1. The Morgan fingerprint density at radius 2 is 2.04 bits per heavy atom. The van der Waals surface area contributed by atoms with Gasteiger partial charge in [-0.3, -0.25) is 0 Å². The van der Waals surface area contributed by atoms with Crippen molar-refractivity contribution in [2.24, 2.45) is 5.92 Å². The predicted molar refractivity (Wildman–Crippen MR) is 85.5 cm³/mol. The van der Waals surface area contributed by atoms with Crippen LogP contribution in [-0.4, -0.2) is 21.6 Å². The van der Waals surface area contributed by atoms with Gasteiger partial charge in [0.15, 0.2) is 0 Å². The quantitative estimate of drug-likeness (QED) is 0.934. The Morgan fingerprint density at radius 1 is 1.26 bits per heavy atom. The molecular formula is C17H18FNO3S. The van der Waals surface area contributed by atoms with Gasteiger partial charge in [0.1, 0.15) is 16.5 Å². The molecule has 1 aliphatic rings. The lowest BCUT2D eigenvalue weighted by Gasteiger charge is -2.25. The second-order valence-corrected chi connectivity index (χ2v) is 7.51. The number of ether oxygens (including phenoxy) is 1. The average Bonchev–Trinajstić information content (AvgIpc) is 2.55. The first-order valence-corrected chi connectivity index (χ1v) is 8.90. The first kappa shape index (κ1) is 16.0. The Kier molecular flexibility index (Phi) is 4.37. The Balaban J connectivity index is 1.70. The fraction of sp³-hybridized carbons (Fsp3) is 0.294. The first-order chi connectivity index (χ1) is 11.0. The molecule has 1 N–H and O–H groups in total. The van der Waals surface area contributed by atoms with E-state index in [1.54, 1.807) is 13.0 Å². The summed E-state index contributed by atoms with van der Waals surface area (Å²) < 4.78 is 46.5. The smallest absolute Gasteiger partial charge is 0.243 e. The summed E-state index contributed by atoms with van der Waals surface area (Å²) in [5.74, 6) is 0.122. The normalized spacial score (nSPS) is 17.4. The summed E-state index contributed by atoms with van der Waals surface area (Å²) in [6.07, 6.45) is 0.731. The van der Waals surface area contributed by atoms with Crippen molar-refractivity contribution < 1.29 is 17.5 Å². The second-order valence-electron chi connectivity index (χ2n) is 5.77. The van der Waals surface area contributed by atoms with Crippen molar-refractivity contribution in [2.45, 2.75) is 18.2 Å². The van der Waals surface area contributed by atoms with Gasteiger partial charge >= 0.3 is 0 Å². The zero-order chi connectivity index (χ0) is 16.4. The molecule has 0 bridgehead atoms. The van der Waals surface area contributed by atoms with Crippen LogP contribution in [0.4, 0.5) is 4.39 Å². The van der Waals surface area contributed by atoms with Crippen molar-refractivity contribution >= 4 is 10.0 Å².